The van der Waals surface area contributed by atoms with Gasteiger partial charge in [0.05, 0.1) is 13.1 Å². The normalized spacial score (nSPS) is 21.2. The Balaban J connectivity index is 2.68. The van der Waals surface area contributed by atoms with E-state index in [0.717, 1.165) is 52.2 Å². The summed E-state index contributed by atoms with van der Waals surface area (Å²) < 4.78 is 11.0. The maximum absolute atomic E-state index is 12.4. The summed E-state index contributed by atoms with van der Waals surface area (Å²) in [7, 11) is 0. The Labute approximate surface area is 200 Å². The molecule has 0 amide bonds. The Morgan fingerprint density at radius 2 is 1.39 bits per heavy atom. The monoisotopic (exact) mass is 472 g/mol. The van der Waals surface area contributed by atoms with Gasteiger partial charge < -0.3 is 25.2 Å². The molecular weight excluding hydrogens is 424 g/mol. The molecule has 1 aliphatic heterocycles. The molecule has 194 valence electrons. The predicted molar refractivity (Wildman–Crippen MR) is 130 cm³/mol. The minimum Gasteiger partial charge on any atom is -0.459 e. The van der Waals surface area contributed by atoms with Crippen LogP contribution in [0.5, 0.6) is 0 Å². The van der Waals surface area contributed by atoms with Gasteiger partial charge in [0.25, 0.3) is 0 Å². The number of carbonyl (C=O) groups excluding carboxylic acids is 2. The summed E-state index contributed by atoms with van der Waals surface area (Å²) in [5.74, 6) is -0.218. The smallest absolute Gasteiger partial charge is 0.320 e. The highest BCUT2D eigenvalue weighted by molar-refractivity contribution is 5.72. The van der Waals surface area contributed by atoms with E-state index in [0.29, 0.717) is 13.0 Å². The molecule has 0 aromatic rings. The van der Waals surface area contributed by atoms with Crippen molar-refractivity contribution < 1.29 is 24.2 Å². The molecule has 9 nitrogen and oxygen atoms in total. The van der Waals surface area contributed by atoms with Gasteiger partial charge in [-0.1, -0.05) is 0 Å². The van der Waals surface area contributed by atoms with Gasteiger partial charge in [0.1, 0.15) is 11.2 Å². The largest absolute Gasteiger partial charge is 0.459 e. The van der Waals surface area contributed by atoms with Gasteiger partial charge in [-0.3, -0.25) is 19.4 Å². The van der Waals surface area contributed by atoms with Gasteiger partial charge >= 0.3 is 11.9 Å². The van der Waals surface area contributed by atoms with Gasteiger partial charge in [0.2, 0.25) is 0 Å². The highest BCUT2D eigenvalue weighted by Gasteiger charge is 2.22. The number of ether oxygens (including phenoxy) is 2. The van der Waals surface area contributed by atoms with Crippen LogP contribution in [0.4, 0.5) is 0 Å². The van der Waals surface area contributed by atoms with Crippen molar-refractivity contribution in [2.45, 2.75) is 65.6 Å². The van der Waals surface area contributed by atoms with Crippen LogP contribution < -0.4 is 10.6 Å². The fourth-order valence-electron chi connectivity index (χ4n) is 3.76. The van der Waals surface area contributed by atoms with Crippen molar-refractivity contribution in [2.24, 2.45) is 5.92 Å². The van der Waals surface area contributed by atoms with E-state index < -0.39 is 11.2 Å². The zero-order valence-corrected chi connectivity index (χ0v) is 21.7. The molecule has 0 saturated carbocycles. The maximum atomic E-state index is 12.4. The summed E-state index contributed by atoms with van der Waals surface area (Å²) in [6, 6.07) is 0. The van der Waals surface area contributed by atoms with Gasteiger partial charge in [-0.15, -0.1) is 0 Å². The summed E-state index contributed by atoms with van der Waals surface area (Å²) in [6.07, 6.45) is 1.58. The minimum absolute atomic E-state index is 0.107. The highest BCUT2D eigenvalue weighted by atomic mass is 16.6. The van der Waals surface area contributed by atoms with Gasteiger partial charge in [-0.25, -0.2) is 0 Å². The molecule has 33 heavy (non-hydrogen) atoms. The van der Waals surface area contributed by atoms with Crippen LogP contribution in [0, 0.1) is 5.92 Å². The summed E-state index contributed by atoms with van der Waals surface area (Å²) in [4.78, 5) is 28.9. The molecule has 0 bridgehead atoms. The Morgan fingerprint density at radius 3 is 1.97 bits per heavy atom. The first-order chi connectivity index (χ1) is 15.4. The van der Waals surface area contributed by atoms with Gasteiger partial charge in [-0.05, 0) is 79.9 Å². The van der Waals surface area contributed by atoms with E-state index in [1.165, 1.54) is 0 Å². The molecule has 0 radical (unpaired) electrons. The number of aliphatic hydroxyl groups excluding tert-OH is 1. The molecule has 1 fully saturated rings. The molecule has 0 aliphatic carbocycles. The van der Waals surface area contributed by atoms with E-state index >= 15 is 0 Å². The summed E-state index contributed by atoms with van der Waals surface area (Å²) in [6.45, 7) is 17.9. The Hall–Kier alpha value is -1.26. The van der Waals surface area contributed by atoms with Gasteiger partial charge in [0.15, 0.2) is 0 Å². The number of nitrogens with zero attached hydrogens (tertiary/aromatic N) is 2. The Kier molecular flexibility index (Phi) is 13.4. The van der Waals surface area contributed by atoms with E-state index in [-0.39, 0.29) is 37.6 Å². The number of esters is 2. The summed E-state index contributed by atoms with van der Waals surface area (Å²) in [5, 5.41) is 16.5. The molecule has 9 heteroatoms. The average Bonchev–Trinajstić information content (AvgIpc) is 2.63. The first kappa shape index (κ1) is 29.8. The minimum atomic E-state index is -0.505. The topological polar surface area (TPSA) is 103 Å². The van der Waals surface area contributed by atoms with Crippen LogP contribution in [-0.4, -0.2) is 110 Å². The van der Waals surface area contributed by atoms with E-state index in [2.05, 4.69) is 20.4 Å². The second-order valence-corrected chi connectivity index (χ2v) is 10.9. The number of hydrogen-bond donors (Lipinski definition) is 3. The molecule has 1 rings (SSSR count). The number of carbonyl (C=O) groups is 2. The maximum Gasteiger partial charge on any atom is 0.320 e. The van der Waals surface area contributed by atoms with Crippen molar-refractivity contribution >= 4 is 11.9 Å². The predicted octanol–water partition coefficient (Wildman–Crippen LogP) is 0.855. The zero-order valence-electron chi connectivity index (χ0n) is 21.7. The van der Waals surface area contributed by atoms with Crippen molar-refractivity contribution in [3.8, 4) is 0 Å². The van der Waals surface area contributed by atoms with Crippen molar-refractivity contribution in [3.05, 3.63) is 0 Å². The molecule has 1 saturated heterocycles. The molecule has 1 aliphatic rings. The van der Waals surface area contributed by atoms with E-state index in [4.69, 9.17) is 9.47 Å². The Morgan fingerprint density at radius 1 is 0.848 bits per heavy atom. The lowest BCUT2D eigenvalue weighted by Gasteiger charge is -2.29. The number of hydrogen-bond acceptors (Lipinski definition) is 9. The first-order valence-corrected chi connectivity index (χ1v) is 12.3. The van der Waals surface area contributed by atoms with Crippen molar-refractivity contribution in [1.29, 1.82) is 0 Å². The second kappa shape index (κ2) is 14.9. The van der Waals surface area contributed by atoms with Crippen LogP contribution >= 0.6 is 0 Å². The third kappa shape index (κ3) is 16.1. The van der Waals surface area contributed by atoms with E-state index in [1.54, 1.807) is 0 Å². The third-order valence-electron chi connectivity index (χ3n) is 5.07. The van der Waals surface area contributed by atoms with Crippen LogP contribution in [0.2, 0.25) is 0 Å². The standard InChI is InChI=1S/C24H48N4O5/c1-23(2,3)32-21(30)18-27-12-7-9-25-10-14-28(19-22(31)33-24(4,5)6)17-20(8-15-29)16-26-11-13-27/h20,25-26,29H,7-19H2,1-6H3. The first-order valence-electron chi connectivity index (χ1n) is 12.3. The lowest BCUT2D eigenvalue weighted by atomic mass is 10.1. The SMILES string of the molecule is CC(C)(C)OC(=O)CN1CCCNCCN(CC(=O)OC(C)(C)C)CC(CCO)CNCC1. The highest BCUT2D eigenvalue weighted by Crippen LogP contribution is 2.10. The number of rotatable bonds is 6. The second-order valence-electron chi connectivity index (χ2n) is 10.9. The van der Waals surface area contributed by atoms with Crippen LogP contribution in [-0.2, 0) is 19.1 Å². The van der Waals surface area contributed by atoms with Crippen LogP contribution in [0.1, 0.15) is 54.4 Å². The van der Waals surface area contributed by atoms with E-state index in [1.807, 2.05) is 41.5 Å². The van der Waals surface area contributed by atoms with Gasteiger partial charge in [-0.2, -0.15) is 0 Å². The molecule has 1 unspecified atom stereocenters. The summed E-state index contributed by atoms with van der Waals surface area (Å²) >= 11 is 0. The van der Waals surface area contributed by atoms with E-state index in [9.17, 15) is 14.7 Å². The lowest BCUT2D eigenvalue weighted by Crippen LogP contribution is -2.45. The van der Waals surface area contributed by atoms with Gasteiger partial charge in [0, 0.05) is 39.3 Å². The van der Waals surface area contributed by atoms with Crippen LogP contribution in [0.25, 0.3) is 0 Å². The van der Waals surface area contributed by atoms with Crippen molar-refractivity contribution in [2.75, 3.05) is 72.1 Å². The van der Waals surface area contributed by atoms with Crippen molar-refractivity contribution in [1.82, 2.24) is 20.4 Å². The lowest BCUT2D eigenvalue weighted by molar-refractivity contribution is -0.157. The molecule has 0 aromatic carbocycles. The van der Waals surface area contributed by atoms with Crippen molar-refractivity contribution in [3.63, 3.8) is 0 Å². The number of nitrogens with one attached hydrogen (secondary N) is 2. The number of aliphatic hydroxyl groups is 1. The average molecular weight is 473 g/mol. The third-order valence-corrected chi connectivity index (χ3v) is 5.07. The Bertz CT molecular complexity index is 574. The molecule has 1 heterocycles. The van der Waals surface area contributed by atoms with Crippen LogP contribution in [0.3, 0.4) is 0 Å². The fourth-order valence-corrected chi connectivity index (χ4v) is 3.76. The molecular formula is C24H48N4O5. The molecule has 3 N–H and O–H groups in total. The molecule has 1 atom stereocenters. The molecule has 0 spiro atoms. The quantitative estimate of drug-likeness (QED) is 0.486. The zero-order chi connectivity index (χ0) is 24.9. The molecule has 0 aromatic heterocycles. The van der Waals surface area contributed by atoms with Crippen LogP contribution in [0.15, 0.2) is 0 Å². The summed E-state index contributed by atoms with van der Waals surface area (Å²) in [5.41, 5.74) is -0.989. The fraction of sp³-hybridized carbons (Fsp3) is 0.917.